The van der Waals surface area contributed by atoms with Crippen LogP contribution in [0, 0.1) is 3.57 Å². The number of ether oxygens (including phenoxy) is 1. The van der Waals surface area contributed by atoms with Gasteiger partial charge < -0.3 is 15.0 Å². The van der Waals surface area contributed by atoms with E-state index in [1.807, 2.05) is 47.0 Å². The quantitative estimate of drug-likeness (QED) is 0.328. The molecule has 3 heterocycles. The summed E-state index contributed by atoms with van der Waals surface area (Å²) in [6.45, 7) is 4.24. The van der Waals surface area contributed by atoms with Crippen LogP contribution < -0.4 is 26.2 Å². The van der Waals surface area contributed by atoms with Crippen molar-refractivity contribution in [3.05, 3.63) is 84.6 Å². The molecule has 9 nitrogen and oxygen atoms in total. The molecule has 2 aromatic carbocycles. The van der Waals surface area contributed by atoms with Gasteiger partial charge >= 0.3 is 5.69 Å². The van der Waals surface area contributed by atoms with Crippen LogP contribution in [0.4, 0.5) is 5.95 Å². The Labute approximate surface area is 222 Å². The van der Waals surface area contributed by atoms with Crippen LogP contribution in [0.3, 0.4) is 0 Å². The fourth-order valence-electron chi connectivity index (χ4n) is 4.56. The van der Waals surface area contributed by atoms with Crippen LogP contribution in [-0.4, -0.2) is 51.5 Å². The molecule has 0 radical (unpaired) electrons. The summed E-state index contributed by atoms with van der Waals surface area (Å²) in [6.07, 6.45) is 0.978. The molecule has 188 valence electrons. The van der Waals surface area contributed by atoms with E-state index in [0.29, 0.717) is 23.5 Å². The van der Waals surface area contributed by atoms with Crippen molar-refractivity contribution in [2.24, 2.45) is 7.05 Å². The van der Waals surface area contributed by atoms with Crippen molar-refractivity contribution >= 4 is 39.7 Å². The van der Waals surface area contributed by atoms with Crippen LogP contribution >= 0.6 is 22.6 Å². The average Bonchev–Trinajstić information content (AvgIpc) is 3.06. The van der Waals surface area contributed by atoms with Crippen LogP contribution in [0.1, 0.15) is 12.0 Å². The van der Waals surface area contributed by atoms with Crippen molar-refractivity contribution in [2.45, 2.75) is 19.5 Å². The summed E-state index contributed by atoms with van der Waals surface area (Å²) in [4.78, 5) is 34.1. The Morgan fingerprint density at radius 3 is 2.58 bits per heavy atom. The van der Waals surface area contributed by atoms with Crippen molar-refractivity contribution in [3.8, 4) is 5.75 Å². The molecule has 1 N–H and O–H groups in total. The summed E-state index contributed by atoms with van der Waals surface area (Å²) in [6, 6.07) is 17.5. The number of hydrogen-bond donors (Lipinski definition) is 1. The number of aromatic nitrogens is 4. The van der Waals surface area contributed by atoms with E-state index < -0.39 is 5.69 Å². The lowest BCUT2D eigenvalue weighted by molar-refractivity contribution is 0.292. The van der Waals surface area contributed by atoms with Crippen molar-refractivity contribution in [1.82, 2.24) is 24.0 Å². The highest BCUT2D eigenvalue weighted by molar-refractivity contribution is 14.1. The summed E-state index contributed by atoms with van der Waals surface area (Å²) >= 11 is 2.32. The maximum atomic E-state index is 13.8. The van der Waals surface area contributed by atoms with E-state index in [2.05, 4.69) is 44.9 Å². The largest absolute Gasteiger partial charge is 0.492 e. The number of nitrogens with zero attached hydrogens (tertiary/aromatic N) is 5. The van der Waals surface area contributed by atoms with Gasteiger partial charge in [-0.15, -0.1) is 0 Å². The Kier molecular flexibility index (Phi) is 7.42. The van der Waals surface area contributed by atoms with Crippen LogP contribution in [-0.2, 0) is 20.1 Å². The fraction of sp³-hybridized carbons (Fsp3) is 0.346. The molecule has 0 unspecified atom stereocenters. The first-order valence-electron chi connectivity index (χ1n) is 12.1. The minimum Gasteiger partial charge on any atom is -0.492 e. The van der Waals surface area contributed by atoms with Gasteiger partial charge in [0, 0.05) is 30.3 Å². The first-order valence-corrected chi connectivity index (χ1v) is 13.2. The number of imidazole rings is 1. The standard InChI is InChI=1S/C26H29IN6O3/c1-30-23-22(24(34)32(26(30)35)16-17-36-20-9-3-2-4-10-20)33(18-19-8-5-6-11-21(19)27)25(29-23)31-14-7-12-28-13-15-31/h2-6,8-11,28H,7,12-18H2,1H3. The van der Waals surface area contributed by atoms with E-state index in [4.69, 9.17) is 9.72 Å². The summed E-state index contributed by atoms with van der Waals surface area (Å²) in [7, 11) is 1.68. The van der Waals surface area contributed by atoms with E-state index >= 15 is 0 Å². The van der Waals surface area contributed by atoms with E-state index in [9.17, 15) is 9.59 Å². The fourth-order valence-corrected chi connectivity index (χ4v) is 5.12. The smallest absolute Gasteiger partial charge is 0.332 e. The molecule has 0 bridgehead atoms. The zero-order chi connectivity index (χ0) is 25.1. The van der Waals surface area contributed by atoms with Gasteiger partial charge in [0.1, 0.15) is 12.4 Å². The van der Waals surface area contributed by atoms with Crippen LogP contribution in [0.2, 0.25) is 0 Å². The first-order chi connectivity index (χ1) is 17.5. The zero-order valence-electron chi connectivity index (χ0n) is 20.2. The van der Waals surface area contributed by atoms with Gasteiger partial charge in [0.25, 0.3) is 5.56 Å². The van der Waals surface area contributed by atoms with Crippen LogP contribution in [0.15, 0.2) is 64.2 Å². The maximum absolute atomic E-state index is 13.8. The Hall–Kier alpha value is -3.12. The number of aryl methyl sites for hydroxylation is 1. The zero-order valence-corrected chi connectivity index (χ0v) is 22.3. The Balaban J connectivity index is 1.61. The SMILES string of the molecule is Cn1c(=O)n(CCOc2ccccc2)c(=O)c2c1nc(N1CCCNCC1)n2Cc1ccccc1I. The molecule has 0 amide bonds. The van der Waals surface area contributed by atoms with Gasteiger partial charge in [0.2, 0.25) is 5.95 Å². The van der Waals surface area contributed by atoms with E-state index in [0.717, 1.165) is 47.7 Å². The summed E-state index contributed by atoms with van der Waals surface area (Å²) < 4.78 is 11.6. The molecule has 5 rings (SSSR count). The second kappa shape index (κ2) is 10.9. The molecule has 0 saturated carbocycles. The van der Waals surface area contributed by atoms with Crippen LogP contribution in [0.5, 0.6) is 5.75 Å². The topological polar surface area (TPSA) is 86.3 Å². The molecule has 2 aromatic heterocycles. The number of halogens is 1. The normalized spacial score (nSPS) is 14.2. The van der Waals surface area contributed by atoms with Gasteiger partial charge in [0.05, 0.1) is 13.1 Å². The third-order valence-electron chi connectivity index (χ3n) is 6.45. The Morgan fingerprint density at radius 1 is 1.00 bits per heavy atom. The van der Waals surface area contributed by atoms with Crippen LogP contribution in [0.25, 0.3) is 11.2 Å². The van der Waals surface area contributed by atoms with Gasteiger partial charge in [-0.2, -0.15) is 4.98 Å². The number of benzene rings is 2. The monoisotopic (exact) mass is 600 g/mol. The predicted octanol–water partition coefficient (Wildman–Crippen LogP) is 2.43. The number of anilines is 1. The summed E-state index contributed by atoms with van der Waals surface area (Å²) in [5.74, 6) is 1.42. The Morgan fingerprint density at radius 2 is 1.78 bits per heavy atom. The minimum atomic E-state index is -0.396. The number of hydrogen-bond acceptors (Lipinski definition) is 6. The molecule has 1 aliphatic heterocycles. The van der Waals surface area contributed by atoms with Crippen molar-refractivity contribution < 1.29 is 4.74 Å². The van der Waals surface area contributed by atoms with E-state index in [1.54, 1.807) is 7.05 Å². The highest BCUT2D eigenvalue weighted by Crippen LogP contribution is 2.24. The lowest BCUT2D eigenvalue weighted by Gasteiger charge is -2.22. The molecule has 4 aromatic rings. The highest BCUT2D eigenvalue weighted by Gasteiger charge is 2.24. The van der Waals surface area contributed by atoms with Gasteiger partial charge in [-0.05, 0) is 59.3 Å². The van der Waals surface area contributed by atoms with Crippen molar-refractivity contribution in [3.63, 3.8) is 0 Å². The molecule has 0 atom stereocenters. The molecular formula is C26H29IN6O3. The minimum absolute atomic E-state index is 0.146. The molecule has 0 aliphatic carbocycles. The molecule has 1 saturated heterocycles. The second-order valence-corrected chi connectivity index (χ2v) is 9.97. The second-order valence-electron chi connectivity index (χ2n) is 8.81. The lowest BCUT2D eigenvalue weighted by Crippen LogP contribution is -2.41. The summed E-state index contributed by atoms with van der Waals surface area (Å²) in [5.41, 5.74) is 1.19. The molecule has 36 heavy (non-hydrogen) atoms. The lowest BCUT2D eigenvalue weighted by atomic mass is 10.2. The molecule has 1 fully saturated rings. The van der Waals surface area contributed by atoms with Gasteiger partial charge in [-0.25, -0.2) is 4.79 Å². The third-order valence-corrected chi connectivity index (χ3v) is 7.50. The predicted molar refractivity (Wildman–Crippen MR) is 149 cm³/mol. The van der Waals surface area contributed by atoms with E-state index in [-0.39, 0.29) is 18.7 Å². The van der Waals surface area contributed by atoms with Gasteiger partial charge in [0.15, 0.2) is 11.2 Å². The summed E-state index contributed by atoms with van der Waals surface area (Å²) in [5, 5.41) is 3.42. The van der Waals surface area contributed by atoms with Crippen molar-refractivity contribution in [1.29, 1.82) is 0 Å². The maximum Gasteiger partial charge on any atom is 0.332 e. The van der Waals surface area contributed by atoms with Gasteiger partial charge in [-0.1, -0.05) is 36.4 Å². The average molecular weight is 600 g/mol. The first kappa shape index (κ1) is 24.6. The highest BCUT2D eigenvalue weighted by atomic mass is 127. The molecule has 1 aliphatic rings. The van der Waals surface area contributed by atoms with Gasteiger partial charge in [-0.3, -0.25) is 18.5 Å². The van der Waals surface area contributed by atoms with E-state index in [1.165, 1.54) is 9.13 Å². The third kappa shape index (κ3) is 4.92. The number of nitrogens with one attached hydrogen (secondary N) is 1. The Bertz CT molecular complexity index is 1470. The number of para-hydroxylation sites is 1. The number of fused-ring (bicyclic) bond motifs is 1. The molecule has 0 spiro atoms. The van der Waals surface area contributed by atoms with Crippen molar-refractivity contribution in [2.75, 3.05) is 37.7 Å². The molecule has 10 heteroatoms. The number of rotatable bonds is 7. The molecular weight excluding hydrogens is 571 g/mol.